The van der Waals surface area contributed by atoms with Crippen molar-refractivity contribution < 1.29 is 9.84 Å². The second-order valence-corrected chi connectivity index (χ2v) is 5.72. The van der Waals surface area contributed by atoms with Gasteiger partial charge in [0.1, 0.15) is 11.9 Å². The van der Waals surface area contributed by atoms with Crippen molar-refractivity contribution in [2.24, 2.45) is 0 Å². The minimum atomic E-state index is -0.750. The number of benzene rings is 1. The normalized spacial score (nSPS) is 12.6. The summed E-state index contributed by atoms with van der Waals surface area (Å²) in [5, 5.41) is 13.0. The Bertz CT molecular complexity index is 756. The van der Waals surface area contributed by atoms with E-state index in [0.29, 0.717) is 10.8 Å². The number of hydrogen-bond acceptors (Lipinski definition) is 4. The summed E-state index contributed by atoms with van der Waals surface area (Å²) in [5.41, 5.74) is 2.42. The number of pyridine rings is 1. The quantitative estimate of drug-likeness (QED) is 0.794. The lowest BCUT2D eigenvalue weighted by molar-refractivity contribution is 0.219. The number of nitrogens with zero attached hydrogens (tertiary/aromatic N) is 1. The Morgan fingerprint density at radius 1 is 1.25 bits per heavy atom. The maximum atomic E-state index is 10.5. The number of ether oxygens (including phenoxy) is 1. The van der Waals surface area contributed by atoms with Gasteiger partial charge >= 0.3 is 0 Å². The third kappa shape index (κ3) is 2.38. The fourth-order valence-electron chi connectivity index (χ4n) is 2.05. The molecule has 0 fully saturated rings. The summed E-state index contributed by atoms with van der Waals surface area (Å²) in [7, 11) is 1.55. The van der Waals surface area contributed by atoms with E-state index in [0.717, 1.165) is 21.3 Å². The first-order valence-corrected chi connectivity index (χ1v) is 7.29. The van der Waals surface area contributed by atoms with E-state index in [-0.39, 0.29) is 0 Å². The van der Waals surface area contributed by atoms with Crippen LogP contribution in [0.25, 0.3) is 10.2 Å². The minimum absolute atomic E-state index is 0.523. The first kappa shape index (κ1) is 13.4. The van der Waals surface area contributed by atoms with Crippen LogP contribution in [-0.4, -0.2) is 17.2 Å². The summed E-state index contributed by atoms with van der Waals surface area (Å²) >= 11 is 7.60. The Kier molecular flexibility index (Phi) is 3.61. The van der Waals surface area contributed by atoms with Crippen molar-refractivity contribution >= 4 is 33.2 Å². The Hall–Kier alpha value is -1.62. The molecule has 0 amide bonds. The number of aliphatic hydroxyl groups excluding tert-OH is 1. The summed E-state index contributed by atoms with van der Waals surface area (Å²) in [6.07, 6.45) is 0.945. The van der Waals surface area contributed by atoms with Gasteiger partial charge in [0.25, 0.3) is 0 Å². The number of rotatable bonds is 3. The third-order valence-electron chi connectivity index (χ3n) is 3.13. The van der Waals surface area contributed by atoms with Crippen molar-refractivity contribution in [2.45, 2.75) is 6.10 Å². The zero-order valence-electron chi connectivity index (χ0n) is 10.7. The van der Waals surface area contributed by atoms with E-state index in [4.69, 9.17) is 16.3 Å². The predicted molar refractivity (Wildman–Crippen MR) is 81.7 cm³/mol. The maximum absolute atomic E-state index is 10.5. The van der Waals surface area contributed by atoms with E-state index in [1.807, 2.05) is 17.5 Å². The molecule has 5 heteroatoms. The van der Waals surface area contributed by atoms with Crippen LogP contribution in [0.4, 0.5) is 0 Å². The summed E-state index contributed by atoms with van der Waals surface area (Å²) in [6.45, 7) is 0. The van der Waals surface area contributed by atoms with Gasteiger partial charge in [-0.15, -0.1) is 11.3 Å². The molecule has 0 spiro atoms. The average Bonchev–Trinajstić information content (AvgIpc) is 2.94. The van der Waals surface area contributed by atoms with E-state index < -0.39 is 6.10 Å². The van der Waals surface area contributed by atoms with Gasteiger partial charge in [-0.05, 0) is 35.2 Å². The van der Waals surface area contributed by atoms with Crippen molar-refractivity contribution in [3.63, 3.8) is 0 Å². The number of halogens is 1. The van der Waals surface area contributed by atoms with Crippen LogP contribution in [-0.2, 0) is 0 Å². The standard InChI is InChI=1S/C15H12ClNO2S/c1-19-13-6-9(2-3-11(13)16)15(18)10-7-14-12(17-8-10)4-5-20-14/h2-8,15,18H,1H3. The largest absolute Gasteiger partial charge is 0.495 e. The highest BCUT2D eigenvalue weighted by Gasteiger charge is 2.14. The second-order valence-electron chi connectivity index (χ2n) is 4.37. The van der Waals surface area contributed by atoms with Crippen LogP contribution in [0.5, 0.6) is 5.75 Å². The Balaban J connectivity index is 2.00. The van der Waals surface area contributed by atoms with Crippen molar-refractivity contribution in [1.29, 1.82) is 0 Å². The number of thiophene rings is 1. The molecule has 1 atom stereocenters. The van der Waals surface area contributed by atoms with Crippen molar-refractivity contribution in [3.05, 3.63) is 58.1 Å². The topological polar surface area (TPSA) is 42.4 Å². The fourth-order valence-corrected chi connectivity index (χ4v) is 3.03. The summed E-state index contributed by atoms with van der Waals surface area (Å²) in [4.78, 5) is 4.34. The fraction of sp³-hybridized carbons (Fsp3) is 0.133. The molecule has 0 aliphatic carbocycles. The molecule has 0 bridgehead atoms. The van der Waals surface area contributed by atoms with E-state index in [1.54, 1.807) is 42.8 Å². The van der Waals surface area contributed by atoms with Gasteiger partial charge in [0.05, 0.1) is 22.3 Å². The van der Waals surface area contributed by atoms with Crippen molar-refractivity contribution in [3.8, 4) is 5.75 Å². The number of aliphatic hydroxyl groups is 1. The molecule has 1 N–H and O–H groups in total. The summed E-state index contributed by atoms with van der Waals surface area (Å²) in [6, 6.07) is 9.16. The number of methoxy groups -OCH3 is 1. The molecule has 3 rings (SSSR count). The molecule has 1 aromatic carbocycles. The van der Waals surface area contributed by atoms with Crippen LogP contribution in [0, 0.1) is 0 Å². The van der Waals surface area contributed by atoms with Gasteiger partial charge in [0.15, 0.2) is 0 Å². The van der Waals surface area contributed by atoms with E-state index in [1.165, 1.54) is 0 Å². The highest BCUT2D eigenvalue weighted by molar-refractivity contribution is 7.17. The molecule has 0 radical (unpaired) electrons. The second kappa shape index (κ2) is 5.40. The van der Waals surface area contributed by atoms with Gasteiger partial charge in [-0.3, -0.25) is 4.98 Å². The molecular formula is C15H12ClNO2S. The molecule has 0 aliphatic rings. The Morgan fingerprint density at radius 2 is 2.10 bits per heavy atom. The van der Waals surface area contributed by atoms with Crippen LogP contribution >= 0.6 is 22.9 Å². The molecule has 0 saturated heterocycles. The number of hydrogen-bond donors (Lipinski definition) is 1. The van der Waals surface area contributed by atoms with Gasteiger partial charge in [-0.1, -0.05) is 17.7 Å². The van der Waals surface area contributed by atoms with Crippen LogP contribution < -0.4 is 4.74 Å². The number of fused-ring (bicyclic) bond motifs is 1. The molecule has 0 saturated carbocycles. The Labute approximate surface area is 125 Å². The highest BCUT2D eigenvalue weighted by atomic mass is 35.5. The molecule has 20 heavy (non-hydrogen) atoms. The van der Waals surface area contributed by atoms with Gasteiger partial charge in [0.2, 0.25) is 0 Å². The van der Waals surface area contributed by atoms with E-state index in [9.17, 15) is 5.11 Å². The van der Waals surface area contributed by atoms with Gasteiger partial charge in [0, 0.05) is 11.8 Å². The predicted octanol–water partition coefficient (Wildman–Crippen LogP) is 4.04. The zero-order valence-corrected chi connectivity index (χ0v) is 12.3. The first-order chi connectivity index (χ1) is 9.69. The summed E-state index contributed by atoms with van der Waals surface area (Å²) in [5.74, 6) is 0.549. The smallest absolute Gasteiger partial charge is 0.137 e. The summed E-state index contributed by atoms with van der Waals surface area (Å²) < 4.78 is 6.23. The van der Waals surface area contributed by atoms with E-state index >= 15 is 0 Å². The van der Waals surface area contributed by atoms with Crippen molar-refractivity contribution in [2.75, 3.05) is 7.11 Å². The third-order valence-corrected chi connectivity index (χ3v) is 4.30. The molecular weight excluding hydrogens is 294 g/mol. The molecule has 0 aliphatic heterocycles. The Morgan fingerprint density at radius 3 is 2.90 bits per heavy atom. The monoisotopic (exact) mass is 305 g/mol. The molecule has 1 unspecified atom stereocenters. The van der Waals surface area contributed by atoms with Crippen LogP contribution in [0.1, 0.15) is 17.2 Å². The zero-order chi connectivity index (χ0) is 14.1. The van der Waals surface area contributed by atoms with Crippen LogP contribution in [0.2, 0.25) is 5.02 Å². The van der Waals surface area contributed by atoms with Gasteiger partial charge in [-0.25, -0.2) is 0 Å². The molecule has 3 nitrogen and oxygen atoms in total. The van der Waals surface area contributed by atoms with Crippen molar-refractivity contribution in [1.82, 2.24) is 4.98 Å². The van der Waals surface area contributed by atoms with Crippen LogP contribution in [0.3, 0.4) is 0 Å². The molecule has 3 aromatic rings. The maximum Gasteiger partial charge on any atom is 0.137 e. The average molecular weight is 306 g/mol. The molecule has 102 valence electrons. The van der Waals surface area contributed by atoms with Gasteiger partial charge < -0.3 is 9.84 Å². The lowest BCUT2D eigenvalue weighted by Crippen LogP contribution is -2.00. The van der Waals surface area contributed by atoms with E-state index in [2.05, 4.69) is 4.98 Å². The SMILES string of the molecule is COc1cc(C(O)c2cnc3ccsc3c2)ccc1Cl. The molecule has 2 heterocycles. The van der Waals surface area contributed by atoms with Gasteiger partial charge in [-0.2, -0.15) is 0 Å². The van der Waals surface area contributed by atoms with Crippen LogP contribution in [0.15, 0.2) is 41.9 Å². The lowest BCUT2D eigenvalue weighted by Gasteiger charge is -2.13. The highest BCUT2D eigenvalue weighted by Crippen LogP contribution is 2.31. The lowest BCUT2D eigenvalue weighted by atomic mass is 10.0. The minimum Gasteiger partial charge on any atom is -0.495 e. The first-order valence-electron chi connectivity index (χ1n) is 6.03. The molecule has 2 aromatic heterocycles. The number of aromatic nitrogens is 1.